The van der Waals surface area contributed by atoms with E-state index in [1.807, 2.05) is 19.5 Å². The van der Waals surface area contributed by atoms with Crippen molar-refractivity contribution in [3.8, 4) is 0 Å². The van der Waals surface area contributed by atoms with Crippen molar-refractivity contribution >= 4 is 17.2 Å². The predicted molar refractivity (Wildman–Crippen MR) is 81.4 cm³/mol. The fourth-order valence-corrected chi connectivity index (χ4v) is 2.83. The van der Waals surface area contributed by atoms with Crippen molar-refractivity contribution in [2.75, 3.05) is 21.1 Å². The van der Waals surface area contributed by atoms with Crippen LogP contribution in [0, 0.1) is 5.82 Å². The van der Waals surface area contributed by atoms with Crippen LogP contribution in [0.15, 0.2) is 35.8 Å². The Labute approximate surface area is 127 Å². The van der Waals surface area contributed by atoms with Gasteiger partial charge in [0.15, 0.2) is 0 Å². The number of hydrogen-bond donors (Lipinski definition) is 0. The molecule has 6 heteroatoms. The highest BCUT2D eigenvalue weighted by Crippen LogP contribution is 2.22. The summed E-state index contributed by atoms with van der Waals surface area (Å²) >= 11 is 1.51. The van der Waals surface area contributed by atoms with Gasteiger partial charge < -0.3 is 4.90 Å². The monoisotopic (exact) mass is 307 g/mol. The summed E-state index contributed by atoms with van der Waals surface area (Å²) in [6, 6.07) is 5.66. The molecule has 2 rings (SSSR count). The van der Waals surface area contributed by atoms with Crippen LogP contribution in [0.1, 0.15) is 16.6 Å². The molecule has 0 N–H and O–H groups in total. The van der Waals surface area contributed by atoms with Gasteiger partial charge in [-0.05, 0) is 31.8 Å². The van der Waals surface area contributed by atoms with Crippen LogP contribution in [0.3, 0.4) is 0 Å². The first-order valence-corrected chi connectivity index (χ1v) is 7.42. The Hall–Kier alpha value is -1.79. The molecule has 112 valence electrons. The molecule has 1 heterocycles. The number of thiazole rings is 1. The summed E-state index contributed by atoms with van der Waals surface area (Å²) in [5.74, 6) is -0.421. The summed E-state index contributed by atoms with van der Waals surface area (Å²) in [5.41, 5.74) is 0.649. The highest BCUT2D eigenvalue weighted by Gasteiger charge is 2.26. The van der Waals surface area contributed by atoms with Crippen molar-refractivity contribution in [3.05, 3.63) is 52.2 Å². The van der Waals surface area contributed by atoms with E-state index in [4.69, 9.17) is 0 Å². The third kappa shape index (κ3) is 3.86. The van der Waals surface area contributed by atoms with Crippen LogP contribution in [0.4, 0.5) is 4.39 Å². The fourth-order valence-electron chi connectivity index (χ4n) is 2.16. The molecule has 0 bridgehead atoms. The first kappa shape index (κ1) is 15.6. The van der Waals surface area contributed by atoms with Crippen molar-refractivity contribution in [2.45, 2.75) is 12.6 Å². The standard InChI is InChI=1S/C15H18FN3OS/c1-18(2)14(11-5-4-6-12(16)9-11)15(20)19(3)10-13-17-7-8-21-13/h4-9,14H,10H2,1-3H3/t14-/m0/s1. The molecule has 1 aromatic carbocycles. The van der Waals surface area contributed by atoms with Crippen LogP contribution in [0.5, 0.6) is 0 Å². The number of carbonyl (C=O) groups excluding carboxylic acids is 1. The van der Waals surface area contributed by atoms with Crippen LogP contribution < -0.4 is 0 Å². The summed E-state index contributed by atoms with van der Waals surface area (Å²) in [6.45, 7) is 0.455. The first-order chi connectivity index (χ1) is 9.99. The molecular weight excluding hydrogens is 289 g/mol. The quantitative estimate of drug-likeness (QED) is 0.852. The van der Waals surface area contributed by atoms with E-state index in [9.17, 15) is 9.18 Å². The molecule has 1 aromatic heterocycles. The van der Waals surface area contributed by atoms with Gasteiger partial charge in [-0.25, -0.2) is 9.37 Å². The normalized spacial score (nSPS) is 12.4. The van der Waals surface area contributed by atoms with E-state index >= 15 is 0 Å². The molecule has 1 atom stereocenters. The van der Waals surface area contributed by atoms with E-state index in [1.165, 1.54) is 23.5 Å². The maximum absolute atomic E-state index is 13.4. The third-order valence-electron chi connectivity index (χ3n) is 3.15. The average molecular weight is 307 g/mol. The first-order valence-electron chi connectivity index (χ1n) is 6.54. The van der Waals surface area contributed by atoms with Gasteiger partial charge >= 0.3 is 0 Å². The number of hydrogen-bond acceptors (Lipinski definition) is 4. The zero-order valence-electron chi connectivity index (χ0n) is 12.3. The molecule has 0 unspecified atom stereocenters. The van der Waals surface area contributed by atoms with Crippen LogP contribution in [0.25, 0.3) is 0 Å². The summed E-state index contributed by atoms with van der Waals surface area (Å²) < 4.78 is 13.4. The van der Waals surface area contributed by atoms with E-state index in [0.29, 0.717) is 12.1 Å². The molecule has 0 fully saturated rings. The summed E-state index contributed by atoms with van der Waals surface area (Å²) in [5, 5.41) is 2.76. The molecule has 2 aromatic rings. The number of amides is 1. The molecule has 0 spiro atoms. The molecular formula is C15H18FN3OS. The largest absolute Gasteiger partial charge is 0.337 e. The van der Waals surface area contributed by atoms with Crippen LogP contribution in [0.2, 0.25) is 0 Å². The maximum Gasteiger partial charge on any atom is 0.244 e. The lowest BCUT2D eigenvalue weighted by Crippen LogP contribution is -2.38. The number of nitrogens with zero attached hydrogens (tertiary/aromatic N) is 3. The summed E-state index contributed by atoms with van der Waals surface area (Å²) in [4.78, 5) is 20.2. The molecule has 0 saturated carbocycles. The lowest BCUT2D eigenvalue weighted by Gasteiger charge is -2.28. The van der Waals surface area contributed by atoms with Crippen molar-refractivity contribution in [1.29, 1.82) is 0 Å². The van der Waals surface area contributed by atoms with Gasteiger partial charge in [-0.3, -0.25) is 9.69 Å². The molecule has 0 aliphatic carbocycles. The van der Waals surface area contributed by atoms with Gasteiger partial charge in [-0.1, -0.05) is 12.1 Å². The van der Waals surface area contributed by atoms with Crippen molar-refractivity contribution in [1.82, 2.24) is 14.8 Å². The number of carbonyl (C=O) groups is 1. The third-order valence-corrected chi connectivity index (χ3v) is 3.91. The molecule has 21 heavy (non-hydrogen) atoms. The second kappa shape index (κ2) is 6.78. The maximum atomic E-state index is 13.4. The number of halogens is 1. The topological polar surface area (TPSA) is 36.4 Å². The minimum atomic E-state index is -0.509. The highest BCUT2D eigenvalue weighted by atomic mass is 32.1. The van der Waals surface area contributed by atoms with E-state index in [2.05, 4.69) is 4.98 Å². The van der Waals surface area contributed by atoms with Crippen LogP contribution in [-0.4, -0.2) is 41.8 Å². The Bertz CT molecular complexity index is 601. The van der Waals surface area contributed by atoms with E-state index in [1.54, 1.807) is 35.2 Å². The Morgan fingerprint density at radius 3 is 2.71 bits per heavy atom. The highest BCUT2D eigenvalue weighted by molar-refractivity contribution is 7.09. The number of benzene rings is 1. The molecule has 0 aliphatic heterocycles. The van der Waals surface area contributed by atoms with Crippen molar-refractivity contribution in [3.63, 3.8) is 0 Å². The van der Waals surface area contributed by atoms with Gasteiger partial charge in [-0.2, -0.15) is 0 Å². The SMILES string of the molecule is CN(Cc1nccs1)C(=O)[C@H](c1cccc(F)c1)N(C)C. The number of likely N-dealkylation sites (N-methyl/N-ethyl adjacent to an activating group) is 2. The van der Waals surface area contributed by atoms with Crippen molar-refractivity contribution in [2.24, 2.45) is 0 Å². The number of rotatable bonds is 5. The minimum Gasteiger partial charge on any atom is -0.337 e. The molecule has 1 amide bonds. The van der Waals surface area contributed by atoms with Gasteiger partial charge in [0, 0.05) is 18.6 Å². The fraction of sp³-hybridized carbons (Fsp3) is 0.333. The van der Waals surface area contributed by atoms with Crippen LogP contribution in [-0.2, 0) is 11.3 Å². The van der Waals surface area contributed by atoms with Gasteiger partial charge in [0.25, 0.3) is 0 Å². The predicted octanol–water partition coefficient (Wildman–Crippen LogP) is 2.54. The zero-order valence-corrected chi connectivity index (χ0v) is 13.1. The zero-order chi connectivity index (χ0) is 15.4. The smallest absolute Gasteiger partial charge is 0.244 e. The van der Waals surface area contributed by atoms with Crippen molar-refractivity contribution < 1.29 is 9.18 Å². The Morgan fingerprint density at radius 1 is 1.38 bits per heavy atom. The van der Waals surface area contributed by atoms with E-state index in [-0.39, 0.29) is 11.7 Å². The van der Waals surface area contributed by atoms with Crippen LogP contribution >= 0.6 is 11.3 Å². The second-order valence-electron chi connectivity index (χ2n) is 5.04. The Balaban J connectivity index is 2.19. The molecule has 0 saturated heterocycles. The Kier molecular flexibility index (Phi) is 5.03. The second-order valence-corrected chi connectivity index (χ2v) is 6.02. The lowest BCUT2D eigenvalue weighted by molar-refractivity contribution is -0.135. The molecule has 0 radical (unpaired) electrons. The Morgan fingerprint density at radius 2 is 2.14 bits per heavy atom. The molecule has 4 nitrogen and oxygen atoms in total. The average Bonchev–Trinajstić information content (AvgIpc) is 2.91. The van der Waals surface area contributed by atoms with Gasteiger partial charge in [0.1, 0.15) is 16.9 Å². The van der Waals surface area contributed by atoms with Gasteiger partial charge in [0.05, 0.1) is 6.54 Å². The number of aromatic nitrogens is 1. The summed E-state index contributed by atoms with van der Waals surface area (Å²) in [7, 11) is 5.36. The lowest BCUT2D eigenvalue weighted by atomic mass is 10.0. The summed E-state index contributed by atoms with van der Waals surface area (Å²) in [6.07, 6.45) is 1.72. The van der Waals surface area contributed by atoms with E-state index < -0.39 is 6.04 Å². The van der Waals surface area contributed by atoms with E-state index in [0.717, 1.165) is 5.01 Å². The molecule has 0 aliphatic rings. The minimum absolute atomic E-state index is 0.0826. The van der Waals surface area contributed by atoms with Gasteiger partial charge in [-0.15, -0.1) is 11.3 Å². The van der Waals surface area contributed by atoms with Gasteiger partial charge in [0.2, 0.25) is 5.91 Å².